The van der Waals surface area contributed by atoms with E-state index in [1.54, 1.807) is 41.4 Å². The molecule has 2 rings (SSSR count). The Morgan fingerprint density at radius 2 is 2.11 bits per heavy atom. The van der Waals surface area contributed by atoms with Crippen molar-refractivity contribution in [3.8, 4) is 0 Å². The third kappa shape index (κ3) is 2.62. The SMILES string of the molecule is Cn1cncc1C(Nc1ccc(Cl)cc1)C(N)=O. The van der Waals surface area contributed by atoms with Gasteiger partial charge in [0, 0.05) is 17.8 Å². The molecule has 0 bridgehead atoms. The quantitative estimate of drug-likeness (QED) is 0.883. The second-order valence-electron chi connectivity index (χ2n) is 3.92. The van der Waals surface area contributed by atoms with Crippen LogP contribution in [-0.2, 0) is 11.8 Å². The van der Waals surface area contributed by atoms with E-state index in [9.17, 15) is 4.79 Å². The summed E-state index contributed by atoms with van der Waals surface area (Å²) in [5, 5.41) is 3.69. The van der Waals surface area contributed by atoms with Gasteiger partial charge in [0.25, 0.3) is 0 Å². The minimum atomic E-state index is -0.626. The molecule has 1 heterocycles. The summed E-state index contributed by atoms with van der Waals surface area (Å²) >= 11 is 5.80. The molecule has 0 spiro atoms. The van der Waals surface area contributed by atoms with Crippen LogP contribution >= 0.6 is 11.6 Å². The molecule has 1 amide bonds. The van der Waals surface area contributed by atoms with Crippen LogP contribution in [0.3, 0.4) is 0 Å². The molecule has 94 valence electrons. The van der Waals surface area contributed by atoms with Crippen molar-refractivity contribution in [3.05, 3.63) is 47.5 Å². The van der Waals surface area contributed by atoms with Gasteiger partial charge in [-0.05, 0) is 24.3 Å². The number of hydrogen-bond acceptors (Lipinski definition) is 3. The number of aryl methyl sites for hydroxylation is 1. The van der Waals surface area contributed by atoms with E-state index in [-0.39, 0.29) is 0 Å². The number of carbonyl (C=O) groups is 1. The Morgan fingerprint density at radius 3 is 2.61 bits per heavy atom. The smallest absolute Gasteiger partial charge is 0.246 e. The molecule has 0 aliphatic rings. The first-order chi connectivity index (χ1) is 8.58. The van der Waals surface area contributed by atoms with Crippen LogP contribution in [0, 0.1) is 0 Å². The summed E-state index contributed by atoms with van der Waals surface area (Å²) in [6, 6.07) is 6.43. The molecule has 0 radical (unpaired) electrons. The zero-order valence-electron chi connectivity index (χ0n) is 9.80. The zero-order chi connectivity index (χ0) is 13.1. The maximum atomic E-state index is 11.5. The van der Waals surface area contributed by atoms with Gasteiger partial charge in [-0.2, -0.15) is 0 Å². The molecular formula is C12H13ClN4O. The van der Waals surface area contributed by atoms with Crippen LogP contribution in [0.1, 0.15) is 11.7 Å². The van der Waals surface area contributed by atoms with Crippen LogP contribution in [0.15, 0.2) is 36.8 Å². The highest BCUT2D eigenvalue weighted by atomic mass is 35.5. The normalized spacial score (nSPS) is 12.1. The number of hydrogen-bond donors (Lipinski definition) is 2. The first-order valence-corrected chi connectivity index (χ1v) is 5.73. The van der Waals surface area contributed by atoms with Crippen molar-refractivity contribution in [3.63, 3.8) is 0 Å². The van der Waals surface area contributed by atoms with E-state index in [1.807, 2.05) is 7.05 Å². The van der Waals surface area contributed by atoms with Gasteiger partial charge in [-0.1, -0.05) is 11.6 Å². The minimum absolute atomic E-state index is 0.464. The van der Waals surface area contributed by atoms with E-state index in [0.29, 0.717) is 10.7 Å². The number of aromatic nitrogens is 2. The van der Waals surface area contributed by atoms with Crippen molar-refractivity contribution in [1.82, 2.24) is 9.55 Å². The van der Waals surface area contributed by atoms with Gasteiger partial charge in [0.05, 0.1) is 18.2 Å². The molecular weight excluding hydrogens is 252 g/mol. The fraction of sp³-hybridized carbons (Fsp3) is 0.167. The summed E-state index contributed by atoms with van der Waals surface area (Å²) in [4.78, 5) is 15.5. The molecule has 1 atom stereocenters. The second kappa shape index (κ2) is 5.10. The van der Waals surface area contributed by atoms with E-state index in [1.165, 1.54) is 0 Å². The molecule has 6 heteroatoms. The van der Waals surface area contributed by atoms with Gasteiger partial charge in [-0.15, -0.1) is 0 Å². The number of halogens is 1. The maximum Gasteiger partial charge on any atom is 0.246 e. The molecule has 1 aromatic heterocycles. The number of benzene rings is 1. The molecule has 1 unspecified atom stereocenters. The summed E-state index contributed by atoms with van der Waals surface area (Å²) in [6.45, 7) is 0. The van der Waals surface area contributed by atoms with Gasteiger partial charge in [-0.25, -0.2) is 4.98 Å². The number of primary amides is 1. The van der Waals surface area contributed by atoms with Crippen molar-refractivity contribution in [1.29, 1.82) is 0 Å². The summed E-state index contributed by atoms with van der Waals surface area (Å²) < 4.78 is 1.75. The van der Waals surface area contributed by atoms with Crippen LogP contribution in [0.2, 0.25) is 5.02 Å². The molecule has 1 aromatic carbocycles. The Kier molecular flexibility index (Phi) is 3.53. The Hall–Kier alpha value is -2.01. The minimum Gasteiger partial charge on any atom is -0.369 e. The number of amides is 1. The predicted octanol–water partition coefficient (Wildman–Crippen LogP) is 1.71. The van der Waals surface area contributed by atoms with E-state index in [4.69, 9.17) is 17.3 Å². The van der Waals surface area contributed by atoms with Crippen molar-refractivity contribution in [2.45, 2.75) is 6.04 Å². The lowest BCUT2D eigenvalue weighted by Gasteiger charge is -2.17. The standard InChI is InChI=1S/C12H13ClN4O/c1-17-7-15-6-10(17)11(12(14)18)16-9-4-2-8(13)3-5-9/h2-7,11,16H,1H3,(H2,14,18). The number of nitrogens with zero attached hydrogens (tertiary/aromatic N) is 2. The summed E-state index contributed by atoms with van der Waals surface area (Å²) in [7, 11) is 1.81. The second-order valence-corrected chi connectivity index (χ2v) is 4.35. The lowest BCUT2D eigenvalue weighted by molar-refractivity contribution is -0.118. The fourth-order valence-corrected chi connectivity index (χ4v) is 1.78. The van der Waals surface area contributed by atoms with E-state index in [2.05, 4.69) is 10.3 Å². The van der Waals surface area contributed by atoms with E-state index >= 15 is 0 Å². The first kappa shape index (κ1) is 12.4. The molecule has 0 saturated carbocycles. The van der Waals surface area contributed by atoms with Crippen LogP contribution < -0.4 is 11.1 Å². The molecule has 0 aliphatic heterocycles. The molecule has 0 aliphatic carbocycles. The zero-order valence-corrected chi connectivity index (χ0v) is 10.6. The topological polar surface area (TPSA) is 72.9 Å². The number of nitrogens with one attached hydrogen (secondary N) is 1. The third-order valence-electron chi connectivity index (χ3n) is 2.59. The van der Waals surface area contributed by atoms with Gasteiger partial charge in [0.1, 0.15) is 6.04 Å². The summed E-state index contributed by atoms with van der Waals surface area (Å²) in [5.41, 5.74) is 6.88. The third-order valence-corrected chi connectivity index (χ3v) is 2.84. The van der Waals surface area contributed by atoms with Gasteiger partial charge in [0.15, 0.2) is 0 Å². The molecule has 18 heavy (non-hydrogen) atoms. The largest absolute Gasteiger partial charge is 0.369 e. The predicted molar refractivity (Wildman–Crippen MR) is 70.2 cm³/mol. The highest BCUT2D eigenvalue weighted by Crippen LogP contribution is 2.20. The number of nitrogens with two attached hydrogens (primary N) is 1. The fourth-order valence-electron chi connectivity index (χ4n) is 1.65. The number of rotatable bonds is 4. The Labute approximate surface area is 110 Å². The van der Waals surface area contributed by atoms with E-state index < -0.39 is 11.9 Å². The lowest BCUT2D eigenvalue weighted by Crippen LogP contribution is -2.29. The van der Waals surface area contributed by atoms with Crippen LogP contribution in [0.5, 0.6) is 0 Å². The molecule has 2 aromatic rings. The number of anilines is 1. The number of carbonyl (C=O) groups excluding carboxylic acids is 1. The molecule has 3 N–H and O–H groups in total. The van der Waals surface area contributed by atoms with Crippen molar-refractivity contribution >= 4 is 23.2 Å². The van der Waals surface area contributed by atoms with Crippen molar-refractivity contribution in [2.75, 3.05) is 5.32 Å². The van der Waals surface area contributed by atoms with E-state index in [0.717, 1.165) is 5.69 Å². The number of imidazole rings is 1. The summed E-state index contributed by atoms with van der Waals surface area (Å²) in [5.74, 6) is -0.464. The van der Waals surface area contributed by atoms with Crippen LogP contribution in [0.25, 0.3) is 0 Å². The molecule has 0 fully saturated rings. The van der Waals surface area contributed by atoms with Gasteiger partial charge >= 0.3 is 0 Å². The van der Waals surface area contributed by atoms with Gasteiger partial charge in [-0.3, -0.25) is 4.79 Å². The average Bonchev–Trinajstić information content (AvgIpc) is 2.74. The van der Waals surface area contributed by atoms with Crippen LogP contribution in [-0.4, -0.2) is 15.5 Å². The maximum absolute atomic E-state index is 11.5. The Balaban J connectivity index is 2.25. The molecule has 0 saturated heterocycles. The Bertz CT molecular complexity index is 549. The summed E-state index contributed by atoms with van der Waals surface area (Å²) in [6.07, 6.45) is 3.23. The average molecular weight is 265 g/mol. The first-order valence-electron chi connectivity index (χ1n) is 5.35. The van der Waals surface area contributed by atoms with Crippen LogP contribution in [0.4, 0.5) is 5.69 Å². The van der Waals surface area contributed by atoms with Gasteiger partial charge in [0.2, 0.25) is 5.91 Å². The lowest BCUT2D eigenvalue weighted by atomic mass is 10.2. The van der Waals surface area contributed by atoms with Crippen molar-refractivity contribution in [2.24, 2.45) is 12.8 Å². The van der Waals surface area contributed by atoms with Gasteiger partial charge < -0.3 is 15.6 Å². The monoisotopic (exact) mass is 264 g/mol. The molecule has 5 nitrogen and oxygen atoms in total. The van der Waals surface area contributed by atoms with Crippen molar-refractivity contribution < 1.29 is 4.79 Å². The highest BCUT2D eigenvalue weighted by molar-refractivity contribution is 6.30. The Morgan fingerprint density at radius 1 is 1.44 bits per heavy atom. The highest BCUT2D eigenvalue weighted by Gasteiger charge is 2.20.